The number of carbonyl (C=O) groups excluding carboxylic acids is 2. The van der Waals surface area contributed by atoms with Crippen LogP contribution in [-0.4, -0.2) is 66.6 Å². The minimum absolute atomic E-state index is 0.0387. The first-order valence-electron chi connectivity index (χ1n) is 10.8. The van der Waals surface area contributed by atoms with Gasteiger partial charge in [-0.05, 0) is 48.4 Å². The highest BCUT2D eigenvalue weighted by Gasteiger charge is 2.24. The molecule has 0 N–H and O–H groups in total. The Hall–Kier alpha value is -2.54. The predicted molar refractivity (Wildman–Crippen MR) is 132 cm³/mol. The van der Waals surface area contributed by atoms with Crippen LogP contribution in [0.4, 0.5) is 0 Å². The van der Waals surface area contributed by atoms with E-state index in [1.54, 1.807) is 36.0 Å². The van der Waals surface area contributed by atoms with Crippen molar-refractivity contribution < 1.29 is 14.3 Å². The molecule has 6 nitrogen and oxygen atoms in total. The van der Waals surface area contributed by atoms with E-state index >= 15 is 0 Å². The zero-order chi connectivity index (χ0) is 23.9. The number of aryl methyl sites for hydroxylation is 2. The summed E-state index contributed by atoms with van der Waals surface area (Å²) in [5.74, 6) is -0.149. The molecule has 0 aliphatic carbocycles. The lowest BCUT2D eigenvalue weighted by Crippen LogP contribution is -2.40. The van der Waals surface area contributed by atoms with Gasteiger partial charge in [0.25, 0.3) is 11.8 Å². The van der Waals surface area contributed by atoms with E-state index in [9.17, 15) is 9.59 Å². The molecule has 33 heavy (non-hydrogen) atoms. The van der Waals surface area contributed by atoms with Crippen LogP contribution in [0.5, 0.6) is 0 Å². The molecule has 0 unspecified atom stereocenters. The molecule has 0 radical (unpaired) electrons. The van der Waals surface area contributed by atoms with E-state index in [1.807, 2.05) is 26.1 Å². The lowest BCUT2D eigenvalue weighted by molar-refractivity contribution is 0.0303. The number of fused-ring (bicyclic) bond motifs is 1. The van der Waals surface area contributed by atoms with Crippen LogP contribution < -0.4 is 0 Å². The molecule has 0 spiro atoms. The second-order valence-corrected chi connectivity index (χ2v) is 9.37. The van der Waals surface area contributed by atoms with Gasteiger partial charge in [0.2, 0.25) is 0 Å². The molecule has 0 saturated carbocycles. The van der Waals surface area contributed by atoms with Crippen molar-refractivity contribution in [1.82, 2.24) is 14.4 Å². The highest BCUT2D eigenvalue weighted by Crippen LogP contribution is 2.33. The summed E-state index contributed by atoms with van der Waals surface area (Å²) in [4.78, 5) is 28.9. The average molecular weight is 488 g/mol. The van der Waals surface area contributed by atoms with Crippen LogP contribution in [0.15, 0.2) is 30.3 Å². The number of hydrogen-bond acceptors (Lipinski definition) is 3. The first-order valence-corrected chi connectivity index (χ1v) is 11.6. The van der Waals surface area contributed by atoms with Gasteiger partial charge in [-0.2, -0.15) is 0 Å². The molecular formula is C25H27Cl2N3O3. The third-order valence-corrected chi connectivity index (χ3v) is 6.98. The van der Waals surface area contributed by atoms with E-state index < -0.39 is 0 Å². The number of halogens is 2. The Morgan fingerprint density at radius 2 is 1.79 bits per heavy atom. The molecule has 0 bridgehead atoms. The molecular weight excluding hydrogens is 461 g/mol. The summed E-state index contributed by atoms with van der Waals surface area (Å²) in [5.41, 5.74) is 4.78. The van der Waals surface area contributed by atoms with Gasteiger partial charge in [0.15, 0.2) is 0 Å². The van der Waals surface area contributed by atoms with E-state index in [4.69, 9.17) is 27.9 Å². The smallest absolute Gasteiger partial charge is 0.255 e. The van der Waals surface area contributed by atoms with Crippen LogP contribution in [0, 0.1) is 6.92 Å². The molecule has 1 saturated heterocycles. The van der Waals surface area contributed by atoms with Crippen LogP contribution in [0.25, 0.3) is 10.9 Å². The van der Waals surface area contributed by atoms with Crippen molar-refractivity contribution in [2.75, 3.05) is 40.4 Å². The summed E-state index contributed by atoms with van der Waals surface area (Å²) in [7, 11) is 5.45. The summed E-state index contributed by atoms with van der Waals surface area (Å²) in [6.45, 7) is 4.14. The Morgan fingerprint density at radius 1 is 1.09 bits per heavy atom. The number of aromatic nitrogens is 1. The molecule has 1 aliphatic rings. The molecule has 1 aliphatic heterocycles. The van der Waals surface area contributed by atoms with Gasteiger partial charge in [-0.15, -0.1) is 0 Å². The number of nitrogens with zero attached hydrogens (tertiary/aromatic N) is 3. The molecule has 2 heterocycles. The van der Waals surface area contributed by atoms with Crippen LogP contribution in [0.3, 0.4) is 0 Å². The highest BCUT2D eigenvalue weighted by molar-refractivity contribution is 6.38. The van der Waals surface area contributed by atoms with E-state index in [2.05, 4.69) is 10.6 Å². The van der Waals surface area contributed by atoms with Gasteiger partial charge >= 0.3 is 0 Å². The van der Waals surface area contributed by atoms with Crippen molar-refractivity contribution in [2.24, 2.45) is 7.05 Å². The van der Waals surface area contributed by atoms with E-state index in [0.29, 0.717) is 59.5 Å². The number of benzene rings is 2. The molecule has 1 fully saturated rings. The van der Waals surface area contributed by atoms with Crippen LogP contribution in [0.2, 0.25) is 10.0 Å². The number of amides is 2. The van der Waals surface area contributed by atoms with Gasteiger partial charge in [0.1, 0.15) is 0 Å². The van der Waals surface area contributed by atoms with Gasteiger partial charge in [0, 0.05) is 67.8 Å². The Kier molecular flexibility index (Phi) is 6.71. The van der Waals surface area contributed by atoms with Crippen LogP contribution in [-0.2, 0) is 18.2 Å². The largest absolute Gasteiger partial charge is 0.378 e. The molecule has 4 rings (SSSR count). The highest BCUT2D eigenvalue weighted by atomic mass is 35.5. The number of ether oxygens (including phenoxy) is 1. The van der Waals surface area contributed by atoms with E-state index in [0.717, 1.165) is 22.2 Å². The first-order chi connectivity index (χ1) is 15.7. The van der Waals surface area contributed by atoms with Crippen molar-refractivity contribution in [3.63, 3.8) is 0 Å². The SMILES string of the molecule is Cc1cc(C(=O)N(C)C)cc2c1cc(Cc1c(Cl)ccc(C(=O)N3CCOCC3)c1Cl)n2C. The Labute approximate surface area is 203 Å². The third kappa shape index (κ3) is 4.47. The van der Waals surface area contributed by atoms with Crippen molar-refractivity contribution in [2.45, 2.75) is 13.3 Å². The lowest BCUT2D eigenvalue weighted by atomic mass is 10.0. The minimum Gasteiger partial charge on any atom is -0.378 e. The number of hydrogen-bond donors (Lipinski definition) is 0. The lowest BCUT2D eigenvalue weighted by Gasteiger charge is -2.27. The molecule has 2 aromatic carbocycles. The van der Waals surface area contributed by atoms with Gasteiger partial charge in [-0.25, -0.2) is 0 Å². The fourth-order valence-electron chi connectivity index (χ4n) is 4.26. The predicted octanol–water partition coefficient (Wildman–Crippen LogP) is 4.56. The van der Waals surface area contributed by atoms with Gasteiger partial charge < -0.3 is 19.1 Å². The molecule has 0 atom stereocenters. The maximum atomic E-state index is 13.0. The van der Waals surface area contributed by atoms with Crippen molar-refractivity contribution >= 4 is 45.9 Å². The Balaban J connectivity index is 1.72. The quantitative estimate of drug-likeness (QED) is 0.541. The zero-order valence-electron chi connectivity index (χ0n) is 19.2. The van der Waals surface area contributed by atoms with Crippen LogP contribution in [0.1, 0.15) is 37.5 Å². The fourth-order valence-corrected chi connectivity index (χ4v) is 4.84. The minimum atomic E-state index is -0.110. The molecule has 8 heteroatoms. The standard InChI is InChI=1S/C25H27Cl2N3O3/c1-15-11-16(24(31)28(2)3)12-22-19(15)13-17(29(22)4)14-20-21(26)6-5-18(23(20)27)25(32)30-7-9-33-10-8-30/h5-6,11-13H,7-10,14H2,1-4H3. The molecule has 174 valence electrons. The van der Waals surface area contributed by atoms with Gasteiger partial charge in [-0.1, -0.05) is 23.2 Å². The zero-order valence-corrected chi connectivity index (χ0v) is 20.8. The number of morpholine rings is 1. The topological polar surface area (TPSA) is 54.8 Å². The van der Waals surface area contributed by atoms with Gasteiger partial charge in [-0.3, -0.25) is 9.59 Å². The molecule has 1 aromatic heterocycles. The number of rotatable bonds is 4. The monoisotopic (exact) mass is 487 g/mol. The number of carbonyl (C=O) groups is 2. The fraction of sp³-hybridized carbons (Fsp3) is 0.360. The normalized spacial score (nSPS) is 14.1. The van der Waals surface area contributed by atoms with Crippen LogP contribution >= 0.6 is 23.2 Å². The molecule has 2 amide bonds. The van der Waals surface area contributed by atoms with Crippen molar-refractivity contribution in [1.29, 1.82) is 0 Å². The van der Waals surface area contributed by atoms with Gasteiger partial charge in [0.05, 0.1) is 23.8 Å². The second kappa shape index (κ2) is 9.37. The molecule has 3 aromatic rings. The third-order valence-electron chi connectivity index (χ3n) is 6.19. The van der Waals surface area contributed by atoms with Crippen molar-refractivity contribution in [3.8, 4) is 0 Å². The van der Waals surface area contributed by atoms with E-state index in [-0.39, 0.29) is 11.8 Å². The average Bonchev–Trinajstić information content (AvgIpc) is 3.12. The Morgan fingerprint density at radius 3 is 2.45 bits per heavy atom. The first kappa shape index (κ1) is 23.6. The summed E-state index contributed by atoms with van der Waals surface area (Å²) in [6.07, 6.45) is 0.462. The summed E-state index contributed by atoms with van der Waals surface area (Å²) in [6, 6.07) is 9.35. The maximum Gasteiger partial charge on any atom is 0.255 e. The van der Waals surface area contributed by atoms with E-state index in [1.165, 1.54) is 0 Å². The maximum absolute atomic E-state index is 13.0. The second-order valence-electron chi connectivity index (χ2n) is 8.59. The Bertz CT molecular complexity index is 1240. The summed E-state index contributed by atoms with van der Waals surface area (Å²) in [5, 5.41) is 1.96. The summed E-state index contributed by atoms with van der Waals surface area (Å²) >= 11 is 13.3. The van der Waals surface area contributed by atoms with Crippen molar-refractivity contribution in [3.05, 3.63) is 68.3 Å². The summed E-state index contributed by atoms with van der Waals surface area (Å²) < 4.78 is 7.40.